The first kappa shape index (κ1) is 49.7. The minimum Gasteiger partial charge on any atom is -0.507 e. The van der Waals surface area contributed by atoms with Crippen LogP contribution in [0, 0.1) is 13.8 Å². The van der Waals surface area contributed by atoms with E-state index in [4.69, 9.17) is 9.47 Å². The molecule has 1 heterocycles. The number of phenols is 1. The summed E-state index contributed by atoms with van der Waals surface area (Å²) in [5.41, 5.74) is 3.24. The number of azo groups is 3. The van der Waals surface area contributed by atoms with Crippen LogP contribution in [-0.2, 0) is 42.9 Å². The number of aryl methyl sites for hydroxylation is 1. The summed E-state index contributed by atoms with van der Waals surface area (Å²) in [6.07, 6.45) is 0. The van der Waals surface area contributed by atoms with Gasteiger partial charge in [0.1, 0.15) is 22.1 Å². The number of carbonyl (C=O) groups is 2. The van der Waals surface area contributed by atoms with Crippen molar-refractivity contribution in [3.05, 3.63) is 114 Å². The van der Waals surface area contributed by atoms with E-state index in [1.54, 1.807) is 14.2 Å². The van der Waals surface area contributed by atoms with E-state index in [0.29, 0.717) is 22.2 Å². The molecular formula is C45H46N8O11S2. The number of fused-ring (bicyclic) bond motifs is 2. The molecule has 1 N–H and O–H groups in total. The van der Waals surface area contributed by atoms with Crippen molar-refractivity contribution < 1.29 is 49.4 Å². The third-order valence-corrected chi connectivity index (χ3v) is 12.4. The number of carbonyl (C=O) groups excluding carboxylic acids is 2. The molecule has 0 bridgehead atoms. The van der Waals surface area contributed by atoms with Gasteiger partial charge < -0.3 is 14.6 Å². The summed E-state index contributed by atoms with van der Waals surface area (Å²) < 4.78 is 67.4. The fourth-order valence-electron chi connectivity index (χ4n) is 6.30. The number of amides is 1. The monoisotopic (exact) mass is 938 g/mol. The number of aromatic hydroxyl groups is 1. The van der Waals surface area contributed by atoms with Gasteiger partial charge in [0.25, 0.3) is 26.1 Å². The van der Waals surface area contributed by atoms with Crippen molar-refractivity contribution in [3.8, 4) is 11.5 Å². The van der Waals surface area contributed by atoms with Crippen LogP contribution in [0.2, 0.25) is 0 Å². The van der Waals surface area contributed by atoms with Crippen LogP contribution in [0.3, 0.4) is 0 Å². The molecule has 344 valence electrons. The highest BCUT2D eigenvalue weighted by Gasteiger charge is 2.41. The van der Waals surface area contributed by atoms with Gasteiger partial charge in [-0.25, -0.2) is 4.79 Å². The number of phenolic OH excluding ortho intramolecular Hbond substituents is 1. The molecule has 1 aliphatic rings. The molecule has 1 amide bonds. The molecule has 21 heteroatoms. The lowest BCUT2D eigenvalue weighted by Crippen LogP contribution is -2.33. The van der Waals surface area contributed by atoms with Crippen molar-refractivity contribution in [1.29, 1.82) is 0 Å². The highest BCUT2D eigenvalue weighted by molar-refractivity contribution is 7.87. The van der Waals surface area contributed by atoms with Crippen LogP contribution >= 0.6 is 0 Å². The van der Waals surface area contributed by atoms with Crippen molar-refractivity contribution >= 4 is 87.8 Å². The van der Waals surface area contributed by atoms with Crippen molar-refractivity contribution in [1.82, 2.24) is 0 Å². The molecular weight excluding hydrogens is 893 g/mol. The van der Waals surface area contributed by atoms with Gasteiger partial charge in [-0.3, -0.25) is 13.2 Å². The standard InChI is InChI=1S/C24H22N4O10S2.C19H18N4O.C2H6/c1-13-19(40(34,35)38-4)12-14-11-15(5-10-18(14)22(13)29)25-26-20-21(24(31)36-2)27-28(23(20)30)16-6-8-17(9-7-16)39(32,33)37-3;1-13-10-18(22-20-2)19(24-3)12-17(13)23-21-16-9-8-14-6-4-5-7-15(14)11-16;1-2/h5-12,20,29H,1-4H3;4-12H,1-3H3;1-2H3. The van der Waals surface area contributed by atoms with Gasteiger partial charge in [-0.2, -0.15) is 57.6 Å². The van der Waals surface area contributed by atoms with E-state index in [-0.39, 0.29) is 38.2 Å². The second-order valence-corrected chi connectivity index (χ2v) is 17.0. The Bertz CT molecular complexity index is 3140. The number of hydrogen-bond acceptors (Lipinski definition) is 18. The van der Waals surface area contributed by atoms with Crippen LogP contribution in [0.1, 0.15) is 25.0 Å². The summed E-state index contributed by atoms with van der Waals surface area (Å²) in [4.78, 5) is 25.1. The second-order valence-electron chi connectivity index (χ2n) is 13.6. The van der Waals surface area contributed by atoms with Gasteiger partial charge >= 0.3 is 5.97 Å². The number of hydrazone groups is 1. The van der Waals surface area contributed by atoms with Gasteiger partial charge in [-0.05, 0) is 102 Å². The van der Waals surface area contributed by atoms with Crippen LogP contribution in [0.4, 0.5) is 28.4 Å². The van der Waals surface area contributed by atoms with Crippen molar-refractivity contribution in [3.63, 3.8) is 0 Å². The molecule has 0 spiro atoms. The van der Waals surface area contributed by atoms with Crippen LogP contribution in [0.15, 0.2) is 149 Å². The Morgan fingerprint density at radius 3 is 1.98 bits per heavy atom. The third-order valence-electron chi connectivity index (χ3n) is 9.68. The van der Waals surface area contributed by atoms with Gasteiger partial charge in [-0.1, -0.05) is 44.2 Å². The van der Waals surface area contributed by atoms with Crippen LogP contribution in [0.25, 0.3) is 21.5 Å². The number of ether oxygens (including phenoxy) is 2. The maximum atomic E-state index is 13.2. The maximum absolute atomic E-state index is 13.2. The lowest BCUT2D eigenvalue weighted by Gasteiger charge is -2.13. The second kappa shape index (κ2) is 21.6. The summed E-state index contributed by atoms with van der Waals surface area (Å²) in [6.45, 7) is 7.40. The van der Waals surface area contributed by atoms with E-state index in [0.717, 1.165) is 48.7 Å². The average Bonchev–Trinajstić information content (AvgIpc) is 3.67. The predicted molar refractivity (Wildman–Crippen MR) is 248 cm³/mol. The quantitative estimate of drug-likeness (QED) is 0.0686. The minimum absolute atomic E-state index is 0.104. The smallest absolute Gasteiger partial charge is 0.357 e. The van der Waals surface area contributed by atoms with E-state index >= 15 is 0 Å². The Kier molecular flexibility index (Phi) is 16.2. The van der Waals surface area contributed by atoms with Crippen LogP contribution in [0.5, 0.6) is 11.5 Å². The fraction of sp³-hybridized carbons (Fsp3) is 0.222. The number of nitrogens with zero attached hydrogens (tertiary/aromatic N) is 8. The highest BCUT2D eigenvalue weighted by atomic mass is 32.2. The van der Waals surface area contributed by atoms with Crippen LogP contribution < -0.4 is 9.75 Å². The number of anilines is 1. The van der Waals surface area contributed by atoms with Crippen LogP contribution in [-0.4, -0.2) is 81.1 Å². The van der Waals surface area contributed by atoms with Crippen molar-refractivity contribution in [2.24, 2.45) is 35.8 Å². The Morgan fingerprint density at radius 2 is 1.35 bits per heavy atom. The minimum atomic E-state index is -4.12. The van der Waals surface area contributed by atoms with Gasteiger partial charge in [-0.15, -0.1) is 0 Å². The summed E-state index contributed by atoms with van der Waals surface area (Å²) in [5, 5.41) is 43.0. The molecule has 1 atom stereocenters. The molecule has 7 rings (SSSR count). The van der Waals surface area contributed by atoms with Gasteiger partial charge in [0.15, 0.2) is 5.71 Å². The third kappa shape index (κ3) is 10.9. The molecule has 0 radical (unpaired) electrons. The van der Waals surface area contributed by atoms with E-state index in [9.17, 15) is 31.5 Å². The number of benzene rings is 6. The summed E-state index contributed by atoms with van der Waals surface area (Å²) in [6, 6.07) is 27.1. The van der Waals surface area contributed by atoms with Crippen molar-refractivity contribution in [2.45, 2.75) is 43.5 Å². The maximum Gasteiger partial charge on any atom is 0.357 e. The summed E-state index contributed by atoms with van der Waals surface area (Å²) in [7, 11) is -1.76. The average molecular weight is 939 g/mol. The zero-order chi connectivity index (χ0) is 48.3. The Balaban J connectivity index is 0.000000267. The molecule has 1 unspecified atom stereocenters. The molecule has 0 saturated carbocycles. The lowest BCUT2D eigenvalue weighted by atomic mass is 10.1. The first-order valence-corrected chi connectivity index (χ1v) is 22.7. The van der Waals surface area contributed by atoms with E-state index in [1.165, 1.54) is 60.8 Å². The number of hydrogen-bond donors (Lipinski definition) is 1. The first-order chi connectivity index (χ1) is 31.5. The molecule has 1 aliphatic heterocycles. The zero-order valence-electron chi connectivity index (χ0n) is 37.3. The molecule has 66 heavy (non-hydrogen) atoms. The van der Waals surface area contributed by atoms with E-state index in [2.05, 4.69) is 56.3 Å². The summed E-state index contributed by atoms with van der Waals surface area (Å²) in [5.74, 6) is -1.35. The molecule has 0 fully saturated rings. The molecule has 6 aromatic carbocycles. The van der Waals surface area contributed by atoms with E-state index in [1.807, 2.05) is 63.2 Å². The number of rotatable bonds is 12. The van der Waals surface area contributed by atoms with Crippen molar-refractivity contribution in [2.75, 3.05) is 40.5 Å². The zero-order valence-corrected chi connectivity index (χ0v) is 38.9. The normalized spacial score (nSPS) is 14.1. The Hall–Kier alpha value is -7.33. The number of esters is 1. The molecule has 0 saturated heterocycles. The number of methoxy groups -OCH3 is 2. The van der Waals surface area contributed by atoms with E-state index < -0.39 is 38.2 Å². The van der Waals surface area contributed by atoms with Gasteiger partial charge in [0, 0.05) is 24.1 Å². The molecule has 19 nitrogen and oxygen atoms in total. The predicted octanol–water partition coefficient (Wildman–Crippen LogP) is 9.86. The molecule has 6 aromatic rings. The SMILES string of the molecule is CC.CN=Nc1cc(C)c(N=Nc2ccc3ccccc3c2)cc1OC.COC(=O)C1=NN(c2ccc(S(=O)(=O)OC)cc2)C(=O)C1N=Nc1ccc2c(O)c(C)c(S(=O)(=O)OC)cc2c1. The fourth-order valence-corrected chi connectivity index (χ4v) is 7.88. The largest absolute Gasteiger partial charge is 0.507 e. The van der Waals surface area contributed by atoms with Gasteiger partial charge in [0.05, 0.1) is 56.1 Å². The topological polar surface area (TPSA) is 249 Å². The Labute approximate surface area is 381 Å². The first-order valence-electron chi connectivity index (χ1n) is 19.8. The molecule has 0 aliphatic carbocycles. The summed E-state index contributed by atoms with van der Waals surface area (Å²) >= 11 is 0. The van der Waals surface area contributed by atoms with Gasteiger partial charge in [0.2, 0.25) is 6.04 Å². The lowest BCUT2D eigenvalue weighted by molar-refractivity contribution is -0.133. The molecule has 0 aromatic heterocycles. The Morgan fingerprint density at radius 1 is 0.712 bits per heavy atom. The highest BCUT2D eigenvalue weighted by Crippen LogP contribution is 2.38.